The zero-order valence-electron chi connectivity index (χ0n) is 12.9. The number of piperidine rings is 1. The minimum absolute atomic E-state index is 0.0867. The lowest BCUT2D eigenvalue weighted by molar-refractivity contribution is -0.158. The van der Waals surface area contributed by atoms with Gasteiger partial charge in [-0.2, -0.15) is 0 Å². The molecule has 120 valence electrons. The number of ether oxygens (including phenoxy) is 2. The van der Waals surface area contributed by atoms with Crippen LogP contribution in [0.2, 0.25) is 0 Å². The number of fused-ring (bicyclic) bond motifs is 3. The van der Waals surface area contributed by atoms with E-state index in [1.165, 1.54) is 0 Å². The number of carbonyl (C=O) groups is 1. The van der Waals surface area contributed by atoms with E-state index in [1.54, 1.807) is 13.3 Å². The molecule has 2 aliphatic heterocycles. The lowest BCUT2D eigenvalue weighted by Gasteiger charge is -2.47. The van der Waals surface area contributed by atoms with Gasteiger partial charge in [-0.25, -0.2) is 4.68 Å². The molecule has 0 aromatic carbocycles. The molecule has 0 N–H and O–H groups in total. The average molecular weight is 306 g/mol. The highest BCUT2D eigenvalue weighted by Gasteiger charge is 2.48. The van der Waals surface area contributed by atoms with Crippen LogP contribution in [0.1, 0.15) is 37.4 Å². The van der Waals surface area contributed by atoms with Crippen molar-refractivity contribution in [2.75, 3.05) is 26.8 Å². The van der Waals surface area contributed by atoms with Crippen molar-refractivity contribution in [1.82, 2.24) is 19.9 Å². The minimum Gasteiger partial charge on any atom is -0.384 e. The maximum atomic E-state index is 13.0. The minimum atomic E-state index is -0.289. The van der Waals surface area contributed by atoms with Crippen LogP contribution in [0, 0.1) is 5.41 Å². The Morgan fingerprint density at radius 2 is 2.41 bits per heavy atom. The van der Waals surface area contributed by atoms with Gasteiger partial charge in [0.15, 0.2) is 0 Å². The van der Waals surface area contributed by atoms with E-state index in [0.717, 1.165) is 37.9 Å². The molecular formula is C15H22N4O3. The summed E-state index contributed by atoms with van der Waals surface area (Å²) >= 11 is 0. The molecule has 1 aromatic heterocycles. The summed E-state index contributed by atoms with van der Waals surface area (Å²) in [7, 11) is 1.68. The number of rotatable bonds is 3. The predicted molar refractivity (Wildman–Crippen MR) is 77.0 cm³/mol. The third-order valence-corrected chi connectivity index (χ3v) is 5.40. The second-order valence-electron chi connectivity index (χ2n) is 6.69. The number of carbonyl (C=O) groups excluding carboxylic acids is 1. The molecule has 3 heterocycles. The summed E-state index contributed by atoms with van der Waals surface area (Å²) < 4.78 is 13.2. The zero-order chi connectivity index (χ0) is 15.2. The molecule has 1 saturated heterocycles. The molecule has 1 amide bonds. The van der Waals surface area contributed by atoms with Crippen LogP contribution in [0.4, 0.5) is 0 Å². The van der Waals surface area contributed by atoms with Gasteiger partial charge in [0.2, 0.25) is 5.91 Å². The maximum Gasteiger partial charge on any atom is 0.231 e. The molecule has 0 bridgehead atoms. The first-order valence-electron chi connectivity index (χ1n) is 8.02. The monoisotopic (exact) mass is 306 g/mol. The third-order valence-electron chi connectivity index (χ3n) is 5.40. The molecule has 1 aliphatic carbocycles. The first kappa shape index (κ1) is 14.1. The molecule has 0 unspecified atom stereocenters. The van der Waals surface area contributed by atoms with Crippen molar-refractivity contribution in [3.8, 4) is 0 Å². The fourth-order valence-electron chi connectivity index (χ4n) is 4.00. The first-order valence-corrected chi connectivity index (χ1v) is 8.02. The van der Waals surface area contributed by atoms with E-state index in [4.69, 9.17) is 9.47 Å². The SMILES string of the molecule is COCC1(C(=O)N2CC[C@H]3OCc4cnnn4[C@H]3C2)CCC1. The molecule has 2 atom stereocenters. The van der Waals surface area contributed by atoms with E-state index in [9.17, 15) is 4.79 Å². The summed E-state index contributed by atoms with van der Waals surface area (Å²) in [6.45, 7) is 2.51. The van der Waals surface area contributed by atoms with E-state index in [0.29, 0.717) is 19.8 Å². The van der Waals surface area contributed by atoms with Crippen LogP contribution < -0.4 is 0 Å². The summed E-state index contributed by atoms with van der Waals surface area (Å²) in [6, 6.07) is 0.0867. The van der Waals surface area contributed by atoms with Crippen molar-refractivity contribution >= 4 is 5.91 Å². The number of nitrogens with zero attached hydrogens (tertiary/aromatic N) is 4. The molecule has 3 aliphatic rings. The first-order chi connectivity index (χ1) is 10.7. The average Bonchev–Trinajstić information content (AvgIpc) is 2.98. The number of aromatic nitrogens is 3. The van der Waals surface area contributed by atoms with Crippen molar-refractivity contribution in [3.05, 3.63) is 11.9 Å². The maximum absolute atomic E-state index is 13.0. The standard InChI is InChI=1S/C15H22N4O3/c1-21-10-15(4-2-5-15)14(20)18-6-3-13-12(8-18)19-11(9-22-13)7-16-17-19/h7,12-13H,2-6,8-10H2,1H3/t12-,13+/m0/s1. The number of likely N-dealkylation sites (tertiary alicyclic amines) is 1. The van der Waals surface area contributed by atoms with Crippen LogP contribution in [0.3, 0.4) is 0 Å². The molecule has 4 rings (SSSR count). The summed E-state index contributed by atoms with van der Waals surface area (Å²) in [5, 5.41) is 8.17. The summed E-state index contributed by atoms with van der Waals surface area (Å²) in [5.41, 5.74) is 0.702. The van der Waals surface area contributed by atoms with Crippen molar-refractivity contribution in [3.63, 3.8) is 0 Å². The van der Waals surface area contributed by atoms with Crippen LogP contribution >= 0.6 is 0 Å². The highest BCUT2D eigenvalue weighted by atomic mass is 16.5. The number of hydrogen-bond acceptors (Lipinski definition) is 5. The molecule has 2 fully saturated rings. The summed E-state index contributed by atoms with van der Waals surface area (Å²) in [6.07, 6.45) is 5.74. The lowest BCUT2D eigenvalue weighted by atomic mass is 9.68. The van der Waals surface area contributed by atoms with E-state index in [2.05, 4.69) is 10.3 Å². The molecule has 1 aromatic rings. The van der Waals surface area contributed by atoms with Gasteiger partial charge in [0.25, 0.3) is 0 Å². The van der Waals surface area contributed by atoms with Crippen molar-refractivity contribution in [2.24, 2.45) is 5.41 Å². The third kappa shape index (κ3) is 2.06. The molecule has 0 spiro atoms. The van der Waals surface area contributed by atoms with Gasteiger partial charge in [-0.05, 0) is 19.3 Å². The van der Waals surface area contributed by atoms with Crippen molar-refractivity contribution < 1.29 is 14.3 Å². The van der Waals surface area contributed by atoms with Gasteiger partial charge >= 0.3 is 0 Å². The molecular weight excluding hydrogens is 284 g/mol. The van der Waals surface area contributed by atoms with Gasteiger partial charge in [-0.3, -0.25) is 4.79 Å². The highest BCUT2D eigenvalue weighted by Crippen LogP contribution is 2.44. The number of amides is 1. The van der Waals surface area contributed by atoms with Gasteiger partial charge in [0.05, 0.1) is 42.7 Å². The second-order valence-corrected chi connectivity index (χ2v) is 6.69. The fraction of sp³-hybridized carbons (Fsp3) is 0.800. The van der Waals surface area contributed by atoms with E-state index in [-0.39, 0.29) is 23.5 Å². The normalized spacial score (nSPS) is 29.4. The summed E-state index contributed by atoms with van der Waals surface area (Å²) in [5.74, 6) is 0.242. The highest BCUT2D eigenvalue weighted by molar-refractivity contribution is 5.84. The fourth-order valence-corrected chi connectivity index (χ4v) is 4.00. The van der Waals surface area contributed by atoms with E-state index >= 15 is 0 Å². The zero-order valence-corrected chi connectivity index (χ0v) is 12.9. The van der Waals surface area contributed by atoms with Crippen LogP contribution in [-0.4, -0.2) is 58.7 Å². The predicted octanol–water partition coefficient (Wildman–Crippen LogP) is 0.767. The quantitative estimate of drug-likeness (QED) is 0.825. The Kier molecular flexibility index (Phi) is 3.41. The second kappa shape index (κ2) is 5.31. The number of hydrogen-bond donors (Lipinski definition) is 0. The Bertz CT molecular complexity index is 569. The number of methoxy groups -OCH3 is 1. The Morgan fingerprint density at radius 3 is 3.14 bits per heavy atom. The van der Waals surface area contributed by atoms with Crippen LogP contribution in [0.5, 0.6) is 0 Å². The van der Waals surface area contributed by atoms with Crippen LogP contribution in [0.25, 0.3) is 0 Å². The Balaban J connectivity index is 1.53. The molecule has 7 heteroatoms. The van der Waals surface area contributed by atoms with Gasteiger partial charge in [0.1, 0.15) is 0 Å². The Hall–Kier alpha value is -1.47. The van der Waals surface area contributed by atoms with Gasteiger partial charge in [-0.1, -0.05) is 11.6 Å². The van der Waals surface area contributed by atoms with E-state index in [1.807, 2.05) is 9.58 Å². The van der Waals surface area contributed by atoms with Crippen LogP contribution in [-0.2, 0) is 20.9 Å². The molecule has 22 heavy (non-hydrogen) atoms. The topological polar surface area (TPSA) is 69.5 Å². The Labute approximate surface area is 129 Å². The molecule has 7 nitrogen and oxygen atoms in total. The van der Waals surface area contributed by atoms with Crippen LogP contribution in [0.15, 0.2) is 6.20 Å². The Morgan fingerprint density at radius 1 is 1.55 bits per heavy atom. The van der Waals surface area contributed by atoms with Crippen molar-refractivity contribution in [1.29, 1.82) is 0 Å². The van der Waals surface area contributed by atoms with Crippen molar-refractivity contribution in [2.45, 2.75) is 44.4 Å². The molecule has 1 saturated carbocycles. The largest absolute Gasteiger partial charge is 0.384 e. The molecule has 0 radical (unpaired) electrons. The smallest absolute Gasteiger partial charge is 0.231 e. The summed E-state index contributed by atoms with van der Waals surface area (Å²) in [4.78, 5) is 15.0. The van der Waals surface area contributed by atoms with E-state index < -0.39 is 0 Å². The van der Waals surface area contributed by atoms with Gasteiger partial charge in [0, 0.05) is 20.2 Å². The van der Waals surface area contributed by atoms with Gasteiger partial charge in [-0.15, -0.1) is 5.10 Å². The van der Waals surface area contributed by atoms with Gasteiger partial charge < -0.3 is 14.4 Å². The lowest BCUT2D eigenvalue weighted by Crippen LogP contribution is -2.56.